The van der Waals surface area contributed by atoms with Gasteiger partial charge in [-0.2, -0.15) is 0 Å². The van der Waals surface area contributed by atoms with Crippen molar-refractivity contribution in [2.75, 3.05) is 0 Å². The smallest absolute Gasteiger partial charge is 0.261 e. The average Bonchev–Trinajstić information content (AvgIpc) is 2.64. The van der Waals surface area contributed by atoms with Crippen LogP contribution in [0.15, 0.2) is 73.0 Å². The molecule has 0 saturated heterocycles. The van der Waals surface area contributed by atoms with E-state index < -0.39 is 22.7 Å². The molecular formula is C26H40O3Si2. The second kappa shape index (κ2) is 10.3. The molecule has 2 rings (SSSR count). The van der Waals surface area contributed by atoms with Crippen LogP contribution in [0.2, 0.25) is 24.7 Å². The van der Waals surface area contributed by atoms with Gasteiger partial charge in [-0.25, -0.2) is 0 Å². The Morgan fingerprint density at radius 1 is 0.935 bits per heavy atom. The summed E-state index contributed by atoms with van der Waals surface area (Å²) in [5.41, 5.74) is 0. The Kier molecular flexibility index (Phi) is 8.50. The van der Waals surface area contributed by atoms with Crippen LogP contribution in [0.25, 0.3) is 0 Å². The van der Waals surface area contributed by atoms with E-state index in [9.17, 15) is 5.11 Å². The molecule has 0 saturated carbocycles. The van der Waals surface area contributed by atoms with Crippen LogP contribution in [0.4, 0.5) is 0 Å². The summed E-state index contributed by atoms with van der Waals surface area (Å²) < 4.78 is 13.0. The molecule has 5 heteroatoms. The van der Waals surface area contributed by atoms with Crippen LogP contribution < -0.4 is 10.4 Å². The summed E-state index contributed by atoms with van der Waals surface area (Å²) in [6, 6.07) is 21.2. The molecule has 0 aliphatic rings. The van der Waals surface area contributed by atoms with E-state index in [1.54, 1.807) is 0 Å². The maximum absolute atomic E-state index is 10.7. The molecule has 0 aromatic heterocycles. The number of aliphatic hydroxyl groups is 1. The molecule has 3 nitrogen and oxygen atoms in total. The number of aliphatic hydroxyl groups excluding tert-OH is 1. The third-order valence-corrected chi connectivity index (χ3v) is 11.4. The van der Waals surface area contributed by atoms with Crippen molar-refractivity contribution in [3.05, 3.63) is 73.0 Å². The van der Waals surface area contributed by atoms with E-state index in [0.717, 1.165) is 0 Å². The molecule has 0 unspecified atom stereocenters. The first-order valence-electron chi connectivity index (χ1n) is 11.2. The van der Waals surface area contributed by atoms with Gasteiger partial charge >= 0.3 is 0 Å². The van der Waals surface area contributed by atoms with Crippen LogP contribution in [-0.2, 0) is 8.85 Å². The van der Waals surface area contributed by atoms with Crippen LogP contribution in [0.3, 0.4) is 0 Å². The lowest BCUT2D eigenvalue weighted by Gasteiger charge is -2.45. The van der Waals surface area contributed by atoms with Crippen molar-refractivity contribution in [3.63, 3.8) is 0 Å². The lowest BCUT2D eigenvalue weighted by molar-refractivity contribution is 0.0916. The number of rotatable bonds is 10. The maximum atomic E-state index is 10.7. The third-order valence-electron chi connectivity index (χ3n) is 5.31. The molecule has 1 N–H and O–H groups in total. The van der Waals surface area contributed by atoms with E-state index in [4.69, 9.17) is 8.85 Å². The summed E-state index contributed by atoms with van der Waals surface area (Å²) in [6.07, 6.45) is 0.329. The van der Waals surface area contributed by atoms with Crippen molar-refractivity contribution in [2.24, 2.45) is 0 Å². The standard InChI is InChI=1S/C26H40O3Si2/c1-21(28-30(6,7)8)19-23(27)20-22(2)29-31(26(3,4)5,24-15-11-9-12-16-24)25-17-13-10-14-18-25/h9-18,22-23,27H,1,19-20H2,2-8H3/t22-,23+/m0/s1. The zero-order chi connectivity index (χ0) is 23.3. The quantitative estimate of drug-likeness (QED) is 0.381. The molecule has 0 heterocycles. The van der Waals surface area contributed by atoms with Crippen LogP contribution >= 0.6 is 0 Å². The fourth-order valence-corrected chi connectivity index (χ4v) is 9.91. The van der Waals surface area contributed by atoms with Crippen molar-refractivity contribution in [1.82, 2.24) is 0 Å². The molecule has 0 bridgehead atoms. The highest BCUT2D eigenvalue weighted by Gasteiger charge is 2.51. The molecule has 0 aliphatic heterocycles. The molecule has 0 spiro atoms. The van der Waals surface area contributed by atoms with Crippen LogP contribution in [-0.4, -0.2) is 33.9 Å². The summed E-state index contributed by atoms with van der Waals surface area (Å²) in [5.74, 6) is 0.671. The maximum Gasteiger partial charge on any atom is 0.261 e. The molecule has 0 aliphatic carbocycles. The molecule has 2 atom stereocenters. The van der Waals surface area contributed by atoms with Gasteiger partial charge in [0, 0.05) is 12.5 Å². The SMILES string of the molecule is C=C(C[C@@H](O)C[C@H](C)O[Si](c1ccccc1)(c1ccccc1)C(C)(C)C)O[Si](C)(C)C. The van der Waals surface area contributed by atoms with E-state index in [-0.39, 0.29) is 11.1 Å². The molecule has 31 heavy (non-hydrogen) atoms. The van der Waals surface area contributed by atoms with Gasteiger partial charge in [0.05, 0.1) is 11.9 Å². The first-order chi connectivity index (χ1) is 14.3. The van der Waals surface area contributed by atoms with Crippen LogP contribution in [0, 0.1) is 0 Å². The van der Waals surface area contributed by atoms with Crippen molar-refractivity contribution < 1.29 is 14.0 Å². The highest BCUT2D eigenvalue weighted by molar-refractivity contribution is 6.99. The van der Waals surface area contributed by atoms with E-state index in [0.29, 0.717) is 18.6 Å². The molecule has 170 valence electrons. The highest BCUT2D eigenvalue weighted by Crippen LogP contribution is 2.38. The Morgan fingerprint density at radius 3 is 1.77 bits per heavy atom. The molecule has 2 aromatic carbocycles. The lowest BCUT2D eigenvalue weighted by atomic mass is 10.1. The van der Waals surface area contributed by atoms with Gasteiger partial charge in [-0.15, -0.1) is 0 Å². The Balaban J connectivity index is 2.31. The monoisotopic (exact) mass is 456 g/mol. The van der Waals surface area contributed by atoms with E-state index >= 15 is 0 Å². The minimum atomic E-state index is -2.62. The van der Waals surface area contributed by atoms with E-state index in [1.807, 2.05) is 12.1 Å². The molecular weight excluding hydrogens is 416 g/mol. The van der Waals surface area contributed by atoms with Gasteiger partial charge in [-0.1, -0.05) is 88.0 Å². The van der Waals surface area contributed by atoms with E-state index in [2.05, 4.69) is 102 Å². The first-order valence-corrected chi connectivity index (χ1v) is 16.5. The van der Waals surface area contributed by atoms with Crippen molar-refractivity contribution >= 4 is 27.0 Å². The third kappa shape index (κ3) is 6.91. The lowest BCUT2D eigenvalue weighted by Crippen LogP contribution is -2.67. The molecule has 0 amide bonds. The fraction of sp³-hybridized carbons (Fsp3) is 0.462. The normalized spacial score (nSPS) is 14.7. The summed E-state index contributed by atoms with van der Waals surface area (Å²) in [5, 5.41) is 13.2. The van der Waals surface area contributed by atoms with Gasteiger partial charge in [0.2, 0.25) is 8.32 Å². The molecule has 2 aromatic rings. The topological polar surface area (TPSA) is 38.7 Å². The second-order valence-corrected chi connectivity index (χ2v) is 19.1. The largest absolute Gasteiger partial charge is 0.548 e. The average molecular weight is 457 g/mol. The minimum absolute atomic E-state index is 0.0839. The number of benzene rings is 2. The van der Waals surface area contributed by atoms with E-state index in [1.165, 1.54) is 10.4 Å². The van der Waals surface area contributed by atoms with Crippen molar-refractivity contribution in [2.45, 2.75) is 77.4 Å². The van der Waals surface area contributed by atoms with Gasteiger partial charge in [0.15, 0.2) is 0 Å². The van der Waals surface area contributed by atoms with Crippen molar-refractivity contribution in [3.8, 4) is 0 Å². The Hall–Kier alpha value is -1.67. The van der Waals surface area contributed by atoms with Crippen LogP contribution in [0.5, 0.6) is 0 Å². The number of hydrogen-bond donors (Lipinski definition) is 1. The van der Waals surface area contributed by atoms with Crippen LogP contribution in [0.1, 0.15) is 40.5 Å². The summed E-state index contributed by atoms with van der Waals surface area (Å²) in [4.78, 5) is 0. The van der Waals surface area contributed by atoms with Gasteiger partial charge in [0.25, 0.3) is 8.32 Å². The Bertz CT molecular complexity index is 784. The predicted molar refractivity (Wildman–Crippen MR) is 137 cm³/mol. The summed E-state index contributed by atoms with van der Waals surface area (Å²) in [6.45, 7) is 19.3. The fourth-order valence-electron chi connectivity index (χ4n) is 4.25. The molecule has 0 radical (unpaired) electrons. The number of hydrogen-bond acceptors (Lipinski definition) is 3. The zero-order valence-corrected chi connectivity index (χ0v) is 22.3. The first kappa shape index (κ1) is 25.6. The summed E-state index contributed by atoms with van der Waals surface area (Å²) >= 11 is 0. The summed E-state index contributed by atoms with van der Waals surface area (Å²) in [7, 11) is -4.33. The molecule has 0 fully saturated rings. The van der Waals surface area contributed by atoms with Gasteiger partial charge in [0.1, 0.15) is 0 Å². The Morgan fingerprint density at radius 2 is 1.39 bits per heavy atom. The van der Waals surface area contributed by atoms with Crippen molar-refractivity contribution in [1.29, 1.82) is 0 Å². The second-order valence-electron chi connectivity index (χ2n) is 10.4. The minimum Gasteiger partial charge on any atom is -0.548 e. The van der Waals surface area contributed by atoms with Gasteiger partial charge in [-0.3, -0.25) is 0 Å². The Labute approximate surface area is 191 Å². The van der Waals surface area contributed by atoms with Gasteiger partial charge < -0.3 is 14.0 Å². The zero-order valence-electron chi connectivity index (χ0n) is 20.3. The predicted octanol–water partition coefficient (Wildman–Crippen LogP) is 5.46. The van der Waals surface area contributed by atoms with Gasteiger partial charge in [-0.05, 0) is 48.4 Å². The highest BCUT2D eigenvalue weighted by atomic mass is 28.4.